The monoisotopic (exact) mass is 937 g/mol. The number of unbranched alkanes of at least 4 members (excludes halogenated alkanes) is 22. The molecule has 0 fully saturated rings. The van der Waals surface area contributed by atoms with Gasteiger partial charge < -0.3 is 71.5 Å². The van der Waals surface area contributed by atoms with Crippen molar-refractivity contribution in [3.8, 4) is 0 Å². The first-order chi connectivity index (χ1) is 30.5. The van der Waals surface area contributed by atoms with Crippen LogP contribution in [-0.4, -0.2) is 161 Å². The van der Waals surface area contributed by atoms with Gasteiger partial charge in [0, 0.05) is 12.8 Å². The lowest BCUT2D eigenvalue weighted by Gasteiger charge is -2.04. The van der Waals surface area contributed by atoms with Crippen LogP contribution in [-0.2, 0) is 9.59 Å². The van der Waals surface area contributed by atoms with E-state index in [1.54, 1.807) is 0 Å². The molecule has 14 N–H and O–H groups in total. The molecule has 0 aliphatic heterocycles. The van der Waals surface area contributed by atoms with E-state index in [0.717, 1.165) is 37.5 Å². The molecule has 0 spiro atoms. The molecule has 0 aliphatic carbocycles. The molecule has 0 aromatic rings. The summed E-state index contributed by atoms with van der Waals surface area (Å²) in [6.45, 7) is 6.31. The van der Waals surface area contributed by atoms with Gasteiger partial charge in [0.05, 0.1) is 52.9 Å². The van der Waals surface area contributed by atoms with Crippen LogP contribution in [0.1, 0.15) is 207 Å². The summed E-state index contributed by atoms with van der Waals surface area (Å²) in [5.74, 6) is 0.424. The van der Waals surface area contributed by atoms with Crippen LogP contribution in [0.2, 0.25) is 0 Å². The van der Waals surface area contributed by atoms with Crippen LogP contribution in [0.15, 0.2) is 0 Å². The quantitative estimate of drug-likeness (QED) is 0.0330. The third-order valence-electron chi connectivity index (χ3n) is 9.53. The van der Waals surface area contributed by atoms with E-state index < -0.39 is 36.4 Å². The summed E-state index contributed by atoms with van der Waals surface area (Å²) < 4.78 is 0. The van der Waals surface area contributed by atoms with Crippen LogP contribution in [0.5, 0.6) is 0 Å². The molecule has 0 aliphatic rings. The number of carboxylic acid groups (broad SMARTS) is 2. The van der Waals surface area contributed by atoms with Gasteiger partial charge >= 0.3 is 11.9 Å². The van der Waals surface area contributed by atoms with E-state index in [9.17, 15) is 9.59 Å². The fourth-order valence-electron chi connectivity index (χ4n) is 5.42. The summed E-state index contributed by atoms with van der Waals surface area (Å²) in [7, 11) is 0. The number of aliphatic hydroxyl groups excluding tert-OH is 12. The summed E-state index contributed by atoms with van der Waals surface area (Å²) in [6.07, 6.45) is 30.8. The van der Waals surface area contributed by atoms with Crippen molar-refractivity contribution in [3.05, 3.63) is 0 Å². The van der Waals surface area contributed by atoms with Crippen LogP contribution < -0.4 is 0 Å². The van der Waals surface area contributed by atoms with Crippen LogP contribution in [0.25, 0.3) is 0 Å². The maximum atomic E-state index is 10.3. The fourth-order valence-corrected chi connectivity index (χ4v) is 5.42. The third kappa shape index (κ3) is 91.0. The SMILES string of the molecule is CC(C)CCCCCCCCCCCCCCC(=O)O.CC(C)CCCCCCCCCCCCCCC(=O)O.OCC(O)CO.OCC(O)CO.OCC(O)CO.OCC(O)CO. The highest BCUT2D eigenvalue weighted by molar-refractivity contribution is 5.66. The predicted molar refractivity (Wildman–Crippen MR) is 255 cm³/mol. The summed E-state index contributed by atoms with van der Waals surface area (Å²) in [6, 6.07) is 0. The molecular weight excluding hydrogens is 833 g/mol. The molecule has 392 valence electrons. The van der Waals surface area contributed by atoms with Crippen molar-refractivity contribution in [1.82, 2.24) is 0 Å². The highest BCUT2D eigenvalue weighted by atomic mass is 16.4. The van der Waals surface area contributed by atoms with Gasteiger partial charge in [-0.1, -0.05) is 182 Å². The highest BCUT2D eigenvalue weighted by Gasteiger charge is 2.00. The van der Waals surface area contributed by atoms with Gasteiger partial charge in [0.1, 0.15) is 24.4 Å². The van der Waals surface area contributed by atoms with E-state index in [1.165, 1.54) is 141 Å². The van der Waals surface area contributed by atoms with Crippen LogP contribution in [0, 0.1) is 11.8 Å². The molecule has 16 heteroatoms. The van der Waals surface area contributed by atoms with Gasteiger partial charge in [0.25, 0.3) is 0 Å². The lowest BCUT2D eigenvalue weighted by Crippen LogP contribution is -2.15. The molecule has 0 radical (unpaired) electrons. The average Bonchev–Trinajstić information content (AvgIpc) is 3.28. The second-order valence-electron chi connectivity index (χ2n) is 17.2. The second kappa shape index (κ2) is 65.7. The molecule has 0 aromatic carbocycles. The van der Waals surface area contributed by atoms with Gasteiger partial charge in [-0.25, -0.2) is 0 Å². The van der Waals surface area contributed by atoms with Crippen molar-refractivity contribution < 1.29 is 81.1 Å². The van der Waals surface area contributed by atoms with E-state index in [0.29, 0.717) is 12.8 Å². The Morgan fingerprint density at radius 3 is 0.531 bits per heavy atom. The topological polar surface area (TPSA) is 317 Å². The normalized spacial score (nSPS) is 10.7. The van der Waals surface area contributed by atoms with E-state index in [2.05, 4.69) is 27.7 Å². The Hall–Kier alpha value is -1.54. The van der Waals surface area contributed by atoms with Crippen molar-refractivity contribution >= 4 is 11.9 Å². The molecule has 0 bridgehead atoms. The Labute approximate surface area is 388 Å². The molecule has 0 amide bonds. The van der Waals surface area contributed by atoms with Crippen molar-refractivity contribution in [1.29, 1.82) is 0 Å². The van der Waals surface area contributed by atoms with Crippen molar-refractivity contribution in [2.75, 3.05) is 52.9 Å². The van der Waals surface area contributed by atoms with Crippen molar-refractivity contribution in [2.45, 2.75) is 232 Å². The average molecular weight is 937 g/mol. The minimum absolute atomic E-state index is 0.344. The molecule has 64 heavy (non-hydrogen) atoms. The number of rotatable bonds is 38. The van der Waals surface area contributed by atoms with Crippen LogP contribution in [0.4, 0.5) is 0 Å². The first kappa shape index (κ1) is 74.0. The van der Waals surface area contributed by atoms with Gasteiger partial charge in [0.2, 0.25) is 0 Å². The largest absolute Gasteiger partial charge is 0.481 e. The number of aliphatic hydroxyl groups is 12. The lowest BCUT2D eigenvalue weighted by atomic mass is 10.0. The Morgan fingerprint density at radius 2 is 0.422 bits per heavy atom. The van der Waals surface area contributed by atoms with Crippen LogP contribution >= 0.6 is 0 Å². The number of hydrogen-bond donors (Lipinski definition) is 14. The van der Waals surface area contributed by atoms with Gasteiger partial charge in [-0.15, -0.1) is 0 Å². The Bertz CT molecular complexity index is 736. The zero-order valence-corrected chi connectivity index (χ0v) is 41.0. The molecule has 0 saturated heterocycles. The highest BCUT2D eigenvalue weighted by Crippen LogP contribution is 2.16. The van der Waals surface area contributed by atoms with Crippen molar-refractivity contribution in [2.24, 2.45) is 11.8 Å². The van der Waals surface area contributed by atoms with E-state index in [1.807, 2.05) is 0 Å². The number of hydrogen-bond acceptors (Lipinski definition) is 14. The molecule has 0 saturated carbocycles. The molecule has 0 rings (SSSR count). The fraction of sp³-hybridized carbons (Fsp3) is 0.958. The standard InChI is InChI=1S/2C18H36O2.4C3H8O3/c2*1-17(2)15-13-11-9-7-5-3-4-6-8-10-12-14-16-18(19)20;4*4-1-3(6)2-5/h2*17H,3-16H2,1-2H3,(H,19,20);4*3-6H,1-2H2. The molecule has 0 aromatic heterocycles. The predicted octanol–water partition coefficient (Wildman–Crippen LogP) is 5.70. The van der Waals surface area contributed by atoms with Gasteiger partial charge in [-0.2, -0.15) is 0 Å². The molecular formula is C48H104O16. The third-order valence-corrected chi connectivity index (χ3v) is 9.53. The van der Waals surface area contributed by atoms with Gasteiger partial charge in [0.15, 0.2) is 0 Å². The minimum Gasteiger partial charge on any atom is -0.481 e. The minimum atomic E-state index is -0.954. The maximum absolute atomic E-state index is 10.3. The molecule has 0 unspecified atom stereocenters. The Kier molecular flexibility index (Phi) is 76.0. The maximum Gasteiger partial charge on any atom is 0.303 e. The van der Waals surface area contributed by atoms with Gasteiger partial charge in [-0.3, -0.25) is 9.59 Å². The summed E-state index contributed by atoms with van der Waals surface area (Å²) in [5.41, 5.74) is 0. The summed E-state index contributed by atoms with van der Waals surface area (Å²) in [4.78, 5) is 20.7. The lowest BCUT2D eigenvalue weighted by molar-refractivity contribution is -0.138. The Morgan fingerprint density at radius 1 is 0.281 bits per heavy atom. The number of carboxylic acids is 2. The first-order valence-electron chi connectivity index (χ1n) is 24.5. The van der Waals surface area contributed by atoms with Crippen LogP contribution in [0.3, 0.4) is 0 Å². The molecule has 16 nitrogen and oxygen atoms in total. The first-order valence-corrected chi connectivity index (χ1v) is 24.5. The number of aliphatic carboxylic acids is 2. The number of carbonyl (C=O) groups is 2. The van der Waals surface area contributed by atoms with E-state index in [4.69, 9.17) is 71.5 Å². The summed E-state index contributed by atoms with van der Waals surface area (Å²) in [5, 5.41) is 113. The molecule has 0 atom stereocenters. The zero-order valence-electron chi connectivity index (χ0n) is 41.0. The summed E-state index contributed by atoms with van der Waals surface area (Å²) >= 11 is 0. The Balaban J connectivity index is -0.000000175. The molecule has 0 heterocycles. The van der Waals surface area contributed by atoms with E-state index in [-0.39, 0.29) is 52.9 Å². The second-order valence-corrected chi connectivity index (χ2v) is 17.2. The smallest absolute Gasteiger partial charge is 0.303 e. The van der Waals surface area contributed by atoms with E-state index >= 15 is 0 Å². The van der Waals surface area contributed by atoms with Crippen molar-refractivity contribution in [3.63, 3.8) is 0 Å². The van der Waals surface area contributed by atoms with Gasteiger partial charge in [-0.05, 0) is 24.7 Å². The zero-order chi connectivity index (χ0) is 50.1.